The van der Waals surface area contributed by atoms with Crippen LogP contribution in [0, 0.1) is 6.92 Å². The molecular formula is C103H105Br4NO10S. The summed E-state index contributed by atoms with van der Waals surface area (Å²) in [5, 5.41) is 0. The van der Waals surface area contributed by atoms with E-state index in [1.54, 1.807) is 31.4 Å². The van der Waals surface area contributed by atoms with E-state index in [1.807, 2.05) is 207 Å². The molecule has 0 saturated heterocycles. The number of hydrogen-bond donors (Lipinski definition) is 0. The lowest BCUT2D eigenvalue weighted by Gasteiger charge is -2.32. The molecule has 16 heteroatoms. The van der Waals surface area contributed by atoms with Gasteiger partial charge in [0.05, 0.1) is 25.0 Å². The lowest BCUT2D eigenvalue weighted by molar-refractivity contribution is -0.140. The van der Waals surface area contributed by atoms with Gasteiger partial charge in [-0.05, 0) is 190 Å². The Labute approximate surface area is 738 Å². The summed E-state index contributed by atoms with van der Waals surface area (Å²) in [6.45, 7) is 14.9. The Morgan fingerprint density at radius 3 is 0.916 bits per heavy atom. The third kappa shape index (κ3) is 29.3. The van der Waals surface area contributed by atoms with Gasteiger partial charge < -0.3 is 28.4 Å². The van der Waals surface area contributed by atoms with Crippen molar-refractivity contribution in [2.45, 2.75) is 127 Å². The smallest absolute Gasteiger partial charge is 0.306 e. The van der Waals surface area contributed by atoms with Crippen LogP contribution in [0.15, 0.2) is 363 Å². The number of esters is 1. The van der Waals surface area contributed by atoms with Gasteiger partial charge >= 0.3 is 5.97 Å². The van der Waals surface area contributed by atoms with Crippen molar-refractivity contribution in [1.29, 1.82) is 0 Å². The van der Waals surface area contributed by atoms with Gasteiger partial charge in [-0.1, -0.05) is 324 Å². The molecule has 0 heterocycles. The monoisotopic (exact) mass is 1860 g/mol. The molecular weight excluding hydrogens is 1760 g/mol. The molecule has 0 aliphatic carbocycles. The molecule has 0 fully saturated rings. The molecule has 0 aromatic heterocycles. The third-order valence-electron chi connectivity index (χ3n) is 20.3. The van der Waals surface area contributed by atoms with Gasteiger partial charge in [-0.25, -0.2) is 0 Å². The molecule has 0 amide bonds. The lowest BCUT2D eigenvalue weighted by Crippen LogP contribution is -2.38. The number of methoxy groups -OCH3 is 2. The zero-order valence-corrected chi connectivity index (χ0v) is 75.7. The molecule has 0 aliphatic rings. The summed E-state index contributed by atoms with van der Waals surface area (Å²) in [5.74, 6) is 3.37. The molecule has 0 radical (unpaired) electrons. The number of aryl methyl sites for hydroxylation is 1. The second-order valence-corrected chi connectivity index (χ2v) is 34.6. The molecule has 13 aromatic rings. The summed E-state index contributed by atoms with van der Waals surface area (Å²) in [5.41, 5.74) is 14.6. The topological polar surface area (TPSA) is 119 Å². The molecule has 13 aromatic carbocycles. The first kappa shape index (κ1) is 91.6. The van der Waals surface area contributed by atoms with Crippen LogP contribution in [0.5, 0.6) is 23.0 Å². The van der Waals surface area contributed by atoms with Gasteiger partial charge in [-0.15, -0.1) is 0 Å². The fraction of sp³-hybridized carbons (Fsp3) is 0.233. The molecule has 0 aliphatic heterocycles. The van der Waals surface area contributed by atoms with Crippen molar-refractivity contribution in [3.8, 4) is 23.0 Å². The van der Waals surface area contributed by atoms with Crippen LogP contribution in [0.25, 0.3) is 0 Å². The van der Waals surface area contributed by atoms with Crippen LogP contribution in [0.3, 0.4) is 0 Å². The van der Waals surface area contributed by atoms with Crippen molar-refractivity contribution in [2.24, 2.45) is 0 Å². The average Bonchev–Trinajstić information content (AvgIpc) is 0.852. The molecule has 0 bridgehead atoms. The second kappa shape index (κ2) is 48.5. The first-order chi connectivity index (χ1) is 57.8. The van der Waals surface area contributed by atoms with E-state index < -0.39 is 10.1 Å². The Bertz CT molecular complexity index is 5250. The maximum Gasteiger partial charge on any atom is 0.306 e. The second-order valence-electron chi connectivity index (χ2n) is 29.3. The number of benzene rings is 13. The molecule has 4 unspecified atom stereocenters. The van der Waals surface area contributed by atoms with E-state index in [1.165, 1.54) is 34.9 Å². The van der Waals surface area contributed by atoms with Crippen molar-refractivity contribution < 1.29 is 45.8 Å². The van der Waals surface area contributed by atoms with Crippen LogP contribution < -0.4 is 18.9 Å². The highest BCUT2D eigenvalue weighted by atomic mass is 79.9. The number of carbonyl (C=O) groups is 1. The van der Waals surface area contributed by atoms with Crippen molar-refractivity contribution in [3.05, 3.63) is 430 Å². The van der Waals surface area contributed by atoms with E-state index in [-0.39, 0.29) is 47.6 Å². The molecule has 0 N–H and O–H groups in total. The Balaban J connectivity index is 0.000000168. The van der Waals surface area contributed by atoms with Crippen LogP contribution in [0.1, 0.15) is 149 Å². The quantitative estimate of drug-likeness (QED) is 0.0279. The van der Waals surface area contributed by atoms with Crippen LogP contribution in [-0.2, 0) is 55.0 Å². The van der Waals surface area contributed by atoms with Crippen LogP contribution in [-0.4, -0.2) is 65.3 Å². The van der Waals surface area contributed by atoms with Crippen LogP contribution in [0.2, 0.25) is 0 Å². The zero-order valence-electron chi connectivity index (χ0n) is 68.5. The Kier molecular flexibility index (Phi) is 37.3. The summed E-state index contributed by atoms with van der Waals surface area (Å²) < 4.78 is 70.1. The number of halogens is 4. The average molecular weight is 1870 g/mol. The van der Waals surface area contributed by atoms with Crippen molar-refractivity contribution in [2.75, 3.05) is 34.0 Å². The van der Waals surface area contributed by atoms with Gasteiger partial charge in [0, 0.05) is 89.6 Å². The number of hydrogen-bond acceptors (Lipinski definition) is 11. The normalized spacial score (nSPS) is 12.1. The molecule has 4 atom stereocenters. The SMILES string of the molecule is CC(C)N(CCC(c1ccccc1)c1cc(Br)ccc1OCc1ccccc1)C(C)C.COC(=O)CC(c1ccccc1)c1cc(Br)ccc1OCc1ccccc1.COCCC(c1ccccc1)c1cc(Br)ccc1OCc1ccccc1.Cc1ccc(S(=O)(=O)OCCC(c2ccccc2)c2cc(Br)ccc2OCc2ccccc2)cc1. The Morgan fingerprint density at radius 1 is 0.345 bits per heavy atom. The molecule has 616 valence electrons. The maximum absolute atomic E-state index is 12.7. The lowest BCUT2D eigenvalue weighted by atomic mass is 9.87. The number of rotatable bonds is 35. The van der Waals surface area contributed by atoms with E-state index in [0.29, 0.717) is 51.5 Å². The molecule has 0 saturated carbocycles. The van der Waals surface area contributed by atoms with E-state index in [9.17, 15) is 13.2 Å². The predicted octanol–water partition coefficient (Wildman–Crippen LogP) is 26.9. The van der Waals surface area contributed by atoms with Gasteiger partial charge in [-0.3, -0.25) is 13.9 Å². The fourth-order valence-electron chi connectivity index (χ4n) is 14.2. The number of ether oxygens (including phenoxy) is 6. The summed E-state index contributed by atoms with van der Waals surface area (Å²) in [6, 6.07) is 114. The largest absolute Gasteiger partial charge is 0.489 e. The van der Waals surface area contributed by atoms with E-state index in [2.05, 4.69) is 212 Å². The molecule has 13 rings (SSSR count). The van der Waals surface area contributed by atoms with Crippen LogP contribution >= 0.6 is 63.7 Å². The van der Waals surface area contributed by atoms with Gasteiger partial charge in [0.1, 0.15) is 49.4 Å². The fourth-order valence-corrected chi connectivity index (χ4v) is 16.6. The van der Waals surface area contributed by atoms with Crippen molar-refractivity contribution >= 4 is 79.8 Å². The highest BCUT2D eigenvalue weighted by molar-refractivity contribution is 9.11. The highest BCUT2D eigenvalue weighted by Crippen LogP contribution is 2.42. The van der Waals surface area contributed by atoms with E-state index in [4.69, 9.17) is 32.6 Å². The third-order valence-corrected chi connectivity index (χ3v) is 23.6. The summed E-state index contributed by atoms with van der Waals surface area (Å²) in [6.07, 6.45) is 2.66. The molecule has 119 heavy (non-hydrogen) atoms. The first-order valence-electron chi connectivity index (χ1n) is 40.1. The minimum absolute atomic E-state index is 0.0421. The molecule has 11 nitrogen and oxygen atoms in total. The maximum atomic E-state index is 12.7. The minimum atomic E-state index is -3.84. The zero-order chi connectivity index (χ0) is 84.1. The number of carbonyl (C=O) groups excluding carboxylic acids is 1. The number of nitrogens with zero attached hydrogens (tertiary/aromatic N) is 1. The van der Waals surface area contributed by atoms with E-state index in [0.717, 1.165) is 105 Å². The standard InChI is InChI=1S/C29H27BrO4S.C28H34BrNO.C23H21BrO3.C23H23BrO2/c1-22-12-15-26(16-13-22)35(31,32)34-19-18-27(24-10-6-3-7-11-24)28-20-25(30)14-17-29(28)33-21-23-8-4-2-5-9-23;1-21(2)30(22(3)4)18-17-26(24-13-9-6-10-14-24)27-19-25(29)15-16-28(27)31-20-23-11-7-5-8-12-23;1-26-23(25)15-20(18-10-6-3-7-11-18)21-14-19(24)12-13-22(21)27-16-17-8-4-2-5-9-17;1-25-15-14-21(19-10-6-3-7-11-19)22-16-20(24)12-13-23(22)26-17-18-8-4-2-5-9-18/h2-17,20,27H,18-19,21H2,1H3;5-16,19,21-22,26H,17-18,20H2,1-4H3;2-14,20H,15-16H2,1H3;2-13,16,21H,14-15,17H2,1H3. The van der Waals surface area contributed by atoms with Gasteiger partial charge in [-0.2, -0.15) is 8.42 Å². The van der Waals surface area contributed by atoms with Gasteiger partial charge in [0.2, 0.25) is 0 Å². The van der Waals surface area contributed by atoms with Crippen LogP contribution in [0.4, 0.5) is 0 Å². The van der Waals surface area contributed by atoms with Crippen molar-refractivity contribution in [3.63, 3.8) is 0 Å². The van der Waals surface area contributed by atoms with Gasteiger partial charge in [0.25, 0.3) is 10.1 Å². The Hall–Kier alpha value is -9.72. The highest BCUT2D eigenvalue weighted by Gasteiger charge is 2.27. The minimum Gasteiger partial charge on any atom is -0.489 e. The Morgan fingerprint density at radius 2 is 0.622 bits per heavy atom. The first-order valence-corrected chi connectivity index (χ1v) is 44.7. The van der Waals surface area contributed by atoms with Crippen molar-refractivity contribution in [1.82, 2.24) is 4.90 Å². The molecule has 0 spiro atoms. The van der Waals surface area contributed by atoms with E-state index >= 15 is 0 Å². The van der Waals surface area contributed by atoms with Gasteiger partial charge in [0.15, 0.2) is 0 Å². The summed E-state index contributed by atoms with van der Waals surface area (Å²) >= 11 is 14.4. The predicted molar refractivity (Wildman–Crippen MR) is 496 cm³/mol. The summed E-state index contributed by atoms with van der Waals surface area (Å²) in [4.78, 5) is 14.8. The summed E-state index contributed by atoms with van der Waals surface area (Å²) in [7, 11) is -0.682.